The van der Waals surface area contributed by atoms with Crippen LogP contribution < -0.4 is 5.32 Å². The van der Waals surface area contributed by atoms with Crippen LogP contribution in [-0.2, 0) is 4.74 Å². The number of rotatable bonds is 6. The predicted molar refractivity (Wildman–Crippen MR) is 60.9 cm³/mol. The Balaban J connectivity index is 2.33. The molecular weight excluding hydrogens is 245 g/mol. The van der Waals surface area contributed by atoms with Crippen LogP contribution in [-0.4, -0.2) is 31.0 Å². The van der Waals surface area contributed by atoms with E-state index in [2.05, 4.69) is 11.4 Å². The minimum atomic E-state index is -4.18. The van der Waals surface area contributed by atoms with E-state index in [4.69, 9.17) is 10.00 Å². The number of nitrogens with one attached hydrogen (secondary N) is 1. The number of nitrogens with zero attached hydrogens (tertiary/aromatic N) is 1. The first-order chi connectivity index (χ1) is 8.41. The van der Waals surface area contributed by atoms with Gasteiger partial charge in [-0.3, -0.25) is 5.32 Å². The summed E-state index contributed by atoms with van der Waals surface area (Å²) in [6.45, 7) is 2.43. The largest absolute Gasteiger partial charge is 0.391 e. The fourth-order valence-corrected chi connectivity index (χ4v) is 2.15. The van der Waals surface area contributed by atoms with E-state index in [1.54, 1.807) is 0 Å². The predicted octanol–water partition coefficient (Wildman–Crippen LogP) is 2.77. The number of nitriles is 1. The van der Waals surface area contributed by atoms with Crippen LogP contribution in [0.15, 0.2) is 0 Å². The number of alkyl halides is 3. The lowest BCUT2D eigenvalue weighted by molar-refractivity contribution is -0.148. The van der Waals surface area contributed by atoms with Crippen molar-refractivity contribution in [2.45, 2.75) is 56.8 Å². The van der Waals surface area contributed by atoms with Gasteiger partial charge in [0.15, 0.2) is 0 Å². The zero-order valence-electron chi connectivity index (χ0n) is 10.5. The highest BCUT2D eigenvalue weighted by Gasteiger charge is 2.39. The highest BCUT2D eigenvalue weighted by molar-refractivity contribution is 5.12. The Morgan fingerprint density at radius 3 is 2.78 bits per heavy atom. The summed E-state index contributed by atoms with van der Waals surface area (Å²) in [5.74, 6) is 0. The molecule has 2 unspecified atom stereocenters. The van der Waals surface area contributed by atoms with Crippen LogP contribution >= 0.6 is 0 Å². The van der Waals surface area contributed by atoms with E-state index in [-0.39, 0.29) is 12.7 Å². The van der Waals surface area contributed by atoms with E-state index in [1.165, 1.54) is 0 Å². The average Bonchev–Trinajstić information content (AvgIpc) is 2.69. The molecule has 104 valence electrons. The molecule has 1 rings (SSSR count). The maximum absolute atomic E-state index is 12.0. The summed E-state index contributed by atoms with van der Waals surface area (Å²) in [6.07, 6.45) is -2.67. The Morgan fingerprint density at radius 2 is 2.22 bits per heavy atom. The molecule has 0 amide bonds. The second-order valence-electron chi connectivity index (χ2n) is 4.72. The first-order valence-corrected chi connectivity index (χ1v) is 6.25. The van der Waals surface area contributed by atoms with Crippen molar-refractivity contribution in [1.29, 1.82) is 5.26 Å². The monoisotopic (exact) mass is 264 g/mol. The molecule has 1 N–H and O–H groups in total. The number of hydrogen-bond donors (Lipinski definition) is 1. The van der Waals surface area contributed by atoms with Crippen molar-refractivity contribution in [3.8, 4) is 6.07 Å². The lowest BCUT2D eigenvalue weighted by Gasteiger charge is -2.22. The molecule has 2 atom stereocenters. The first kappa shape index (κ1) is 15.3. The van der Waals surface area contributed by atoms with Gasteiger partial charge < -0.3 is 4.74 Å². The smallest absolute Gasteiger partial charge is 0.378 e. The second-order valence-corrected chi connectivity index (χ2v) is 4.72. The van der Waals surface area contributed by atoms with Gasteiger partial charge in [-0.1, -0.05) is 6.92 Å². The van der Waals surface area contributed by atoms with Crippen LogP contribution in [0.25, 0.3) is 0 Å². The Bertz CT molecular complexity index is 301. The van der Waals surface area contributed by atoms with Crippen molar-refractivity contribution in [3.05, 3.63) is 0 Å². The molecule has 0 aliphatic heterocycles. The normalized spacial score (nSPS) is 28.3. The second kappa shape index (κ2) is 6.39. The molecule has 0 aromatic rings. The van der Waals surface area contributed by atoms with Gasteiger partial charge in [0.05, 0.1) is 25.2 Å². The SMILES string of the molecule is CCCNC1(C#N)CCC(OCCC(F)(F)F)C1. The maximum atomic E-state index is 12.0. The van der Waals surface area contributed by atoms with E-state index >= 15 is 0 Å². The van der Waals surface area contributed by atoms with Gasteiger partial charge in [-0.05, 0) is 25.8 Å². The van der Waals surface area contributed by atoms with Crippen LogP contribution in [0.2, 0.25) is 0 Å². The van der Waals surface area contributed by atoms with E-state index < -0.39 is 18.1 Å². The Hall–Kier alpha value is -0.800. The minimum Gasteiger partial charge on any atom is -0.378 e. The van der Waals surface area contributed by atoms with Gasteiger partial charge in [0.2, 0.25) is 0 Å². The molecule has 0 bridgehead atoms. The third-order valence-electron chi connectivity index (χ3n) is 3.14. The van der Waals surface area contributed by atoms with Gasteiger partial charge in [0.25, 0.3) is 0 Å². The molecule has 1 fully saturated rings. The molecule has 18 heavy (non-hydrogen) atoms. The summed E-state index contributed by atoms with van der Waals surface area (Å²) in [7, 11) is 0. The van der Waals surface area contributed by atoms with Crippen LogP contribution in [0.3, 0.4) is 0 Å². The fourth-order valence-electron chi connectivity index (χ4n) is 2.15. The van der Waals surface area contributed by atoms with Crippen LogP contribution in [0.5, 0.6) is 0 Å². The summed E-state index contributed by atoms with van der Waals surface area (Å²) in [4.78, 5) is 0. The van der Waals surface area contributed by atoms with Crippen molar-refractivity contribution in [1.82, 2.24) is 5.32 Å². The molecule has 1 aliphatic rings. The summed E-state index contributed by atoms with van der Waals surface area (Å²) in [5, 5.41) is 12.3. The molecule has 0 aromatic heterocycles. The summed E-state index contributed by atoms with van der Waals surface area (Å²) in [5.41, 5.74) is -0.612. The standard InChI is InChI=1S/C12H19F3N2O/c1-2-6-17-11(9-16)4-3-10(8-11)18-7-5-12(13,14)15/h10,17H,2-8H2,1H3. The molecule has 0 aromatic carbocycles. The van der Waals surface area contributed by atoms with Crippen molar-refractivity contribution < 1.29 is 17.9 Å². The summed E-state index contributed by atoms with van der Waals surface area (Å²) >= 11 is 0. The van der Waals surface area contributed by atoms with Crippen LogP contribution in [0, 0.1) is 11.3 Å². The van der Waals surface area contributed by atoms with E-state index in [0.717, 1.165) is 13.0 Å². The average molecular weight is 264 g/mol. The minimum absolute atomic E-state index is 0.239. The number of halogens is 3. The molecule has 0 radical (unpaired) electrons. The zero-order chi connectivity index (χ0) is 13.6. The third-order valence-corrected chi connectivity index (χ3v) is 3.14. The molecule has 0 saturated heterocycles. The molecule has 0 spiro atoms. The van der Waals surface area contributed by atoms with Gasteiger partial charge in [-0.2, -0.15) is 18.4 Å². The first-order valence-electron chi connectivity index (χ1n) is 6.25. The maximum Gasteiger partial charge on any atom is 0.391 e. The molecule has 1 saturated carbocycles. The Morgan fingerprint density at radius 1 is 1.50 bits per heavy atom. The van der Waals surface area contributed by atoms with Crippen molar-refractivity contribution in [3.63, 3.8) is 0 Å². The quantitative estimate of drug-likeness (QED) is 0.802. The van der Waals surface area contributed by atoms with Crippen molar-refractivity contribution in [2.24, 2.45) is 0 Å². The van der Waals surface area contributed by atoms with Gasteiger partial charge in [-0.25, -0.2) is 0 Å². The van der Waals surface area contributed by atoms with E-state index in [9.17, 15) is 13.2 Å². The van der Waals surface area contributed by atoms with Crippen LogP contribution in [0.1, 0.15) is 39.0 Å². The number of hydrogen-bond acceptors (Lipinski definition) is 3. The van der Waals surface area contributed by atoms with Gasteiger partial charge >= 0.3 is 6.18 Å². The van der Waals surface area contributed by atoms with Gasteiger partial charge in [-0.15, -0.1) is 0 Å². The molecule has 3 nitrogen and oxygen atoms in total. The van der Waals surface area contributed by atoms with Crippen LogP contribution in [0.4, 0.5) is 13.2 Å². The summed E-state index contributed by atoms with van der Waals surface area (Å²) in [6, 6.07) is 2.24. The lowest BCUT2D eigenvalue weighted by Crippen LogP contribution is -2.42. The van der Waals surface area contributed by atoms with E-state index in [1.807, 2.05) is 6.92 Å². The fraction of sp³-hybridized carbons (Fsp3) is 0.917. The highest BCUT2D eigenvalue weighted by atomic mass is 19.4. The Labute approximate surface area is 105 Å². The highest BCUT2D eigenvalue weighted by Crippen LogP contribution is 2.32. The van der Waals surface area contributed by atoms with E-state index in [0.29, 0.717) is 19.3 Å². The molecule has 1 aliphatic carbocycles. The third kappa shape index (κ3) is 4.83. The molecule has 0 heterocycles. The topological polar surface area (TPSA) is 45.0 Å². The lowest BCUT2D eigenvalue weighted by atomic mass is 9.99. The Kier molecular flexibility index (Phi) is 5.42. The zero-order valence-corrected chi connectivity index (χ0v) is 10.5. The van der Waals surface area contributed by atoms with Gasteiger partial charge in [0.1, 0.15) is 5.54 Å². The molecular formula is C12H19F3N2O. The van der Waals surface area contributed by atoms with Gasteiger partial charge in [0, 0.05) is 6.42 Å². The number of ether oxygens (including phenoxy) is 1. The summed E-state index contributed by atoms with van der Waals surface area (Å²) < 4.78 is 41.1. The molecule has 6 heteroatoms. The van der Waals surface area contributed by atoms with Crippen molar-refractivity contribution in [2.75, 3.05) is 13.2 Å². The van der Waals surface area contributed by atoms with Crippen molar-refractivity contribution >= 4 is 0 Å².